The van der Waals surface area contributed by atoms with E-state index in [-0.39, 0.29) is 11.5 Å². The molecule has 0 aliphatic carbocycles. The van der Waals surface area contributed by atoms with Gasteiger partial charge in [0.1, 0.15) is 5.60 Å². The molecule has 1 amide bonds. The number of nitrogens with zero attached hydrogens (tertiary/aromatic N) is 4. The molecule has 2 aliphatic rings. The molecular weight excluding hydrogens is 416 g/mol. The summed E-state index contributed by atoms with van der Waals surface area (Å²) in [4.78, 5) is 36.4. The summed E-state index contributed by atoms with van der Waals surface area (Å²) in [5.41, 5.74) is 3.43. The Labute approximate surface area is 193 Å². The lowest BCUT2D eigenvalue weighted by Gasteiger charge is -2.44. The SMILES string of the molecule is Cc1cccc(=O)n1CCC(=O)N1CCC2(CC1)OCCc1cnc(-c3ccccc3)nc12. The summed E-state index contributed by atoms with van der Waals surface area (Å²) in [6.07, 6.45) is 4.48. The summed E-state index contributed by atoms with van der Waals surface area (Å²) >= 11 is 0. The van der Waals surface area contributed by atoms with Crippen LogP contribution in [0.5, 0.6) is 0 Å². The van der Waals surface area contributed by atoms with E-state index in [1.807, 2.05) is 54.4 Å². The monoisotopic (exact) mass is 444 g/mol. The van der Waals surface area contributed by atoms with Crippen LogP contribution in [0.25, 0.3) is 11.4 Å². The van der Waals surface area contributed by atoms with Crippen LogP contribution in [0.2, 0.25) is 0 Å². The molecule has 2 aliphatic heterocycles. The zero-order valence-electron chi connectivity index (χ0n) is 18.9. The highest BCUT2D eigenvalue weighted by Crippen LogP contribution is 2.41. The summed E-state index contributed by atoms with van der Waals surface area (Å²) in [6.45, 7) is 4.17. The zero-order chi connectivity index (χ0) is 22.8. The molecule has 0 radical (unpaired) electrons. The Morgan fingerprint density at radius 3 is 2.64 bits per heavy atom. The first-order valence-electron chi connectivity index (χ1n) is 11.6. The molecule has 1 fully saturated rings. The number of pyridine rings is 1. The first kappa shape index (κ1) is 21.5. The second kappa shape index (κ2) is 8.90. The molecule has 0 saturated carbocycles. The van der Waals surface area contributed by atoms with Crippen molar-refractivity contribution in [3.63, 3.8) is 0 Å². The maximum absolute atomic E-state index is 12.9. The fourth-order valence-electron chi connectivity index (χ4n) is 4.91. The zero-order valence-corrected chi connectivity index (χ0v) is 18.9. The fourth-order valence-corrected chi connectivity index (χ4v) is 4.91. The molecule has 1 spiro atoms. The number of rotatable bonds is 4. The van der Waals surface area contributed by atoms with Crippen molar-refractivity contribution in [2.24, 2.45) is 0 Å². The van der Waals surface area contributed by atoms with E-state index in [2.05, 4.69) is 4.98 Å². The molecule has 7 heteroatoms. The van der Waals surface area contributed by atoms with Gasteiger partial charge in [-0.25, -0.2) is 9.97 Å². The Kier molecular flexibility index (Phi) is 5.81. The highest BCUT2D eigenvalue weighted by Gasteiger charge is 2.43. The van der Waals surface area contributed by atoms with Crippen LogP contribution in [0.3, 0.4) is 0 Å². The van der Waals surface area contributed by atoms with Crippen LogP contribution in [0.4, 0.5) is 0 Å². The van der Waals surface area contributed by atoms with Gasteiger partial charge in [-0.05, 0) is 37.8 Å². The molecule has 0 bridgehead atoms. The summed E-state index contributed by atoms with van der Waals surface area (Å²) in [5.74, 6) is 0.783. The van der Waals surface area contributed by atoms with Crippen molar-refractivity contribution in [3.8, 4) is 11.4 Å². The van der Waals surface area contributed by atoms with Crippen molar-refractivity contribution in [1.82, 2.24) is 19.4 Å². The predicted molar refractivity (Wildman–Crippen MR) is 125 cm³/mol. The van der Waals surface area contributed by atoms with Crippen LogP contribution in [0, 0.1) is 6.92 Å². The maximum atomic E-state index is 12.9. The van der Waals surface area contributed by atoms with E-state index >= 15 is 0 Å². The number of aryl methyl sites for hydroxylation is 1. The smallest absolute Gasteiger partial charge is 0.250 e. The molecule has 0 N–H and O–H groups in total. The van der Waals surface area contributed by atoms with Gasteiger partial charge < -0.3 is 14.2 Å². The van der Waals surface area contributed by atoms with E-state index in [0.717, 1.165) is 28.9 Å². The van der Waals surface area contributed by atoms with Crippen LogP contribution >= 0.6 is 0 Å². The lowest BCUT2D eigenvalue weighted by atomic mass is 9.83. The van der Waals surface area contributed by atoms with E-state index in [0.29, 0.717) is 51.3 Å². The Hall–Kier alpha value is -3.32. The van der Waals surface area contributed by atoms with Crippen molar-refractivity contribution < 1.29 is 9.53 Å². The maximum Gasteiger partial charge on any atom is 0.250 e. The van der Waals surface area contributed by atoms with E-state index in [4.69, 9.17) is 9.72 Å². The van der Waals surface area contributed by atoms with E-state index < -0.39 is 5.60 Å². The van der Waals surface area contributed by atoms with Crippen molar-refractivity contribution >= 4 is 5.91 Å². The molecule has 2 aromatic heterocycles. The van der Waals surface area contributed by atoms with E-state index in [1.54, 1.807) is 10.6 Å². The van der Waals surface area contributed by atoms with Crippen molar-refractivity contribution in [1.29, 1.82) is 0 Å². The van der Waals surface area contributed by atoms with Crippen molar-refractivity contribution in [2.75, 3.05) is 19.7 Å². The average Bonchev–Trinajstić information content (AvgIpc) is 2.85. The van der Waals surface area contributed by atoms with Crippen LogP contribution < -0.4 is 5.56 Å². The molecule has 170 valence electrons. The standard InChI is InChI=1S/C26H28N4O3/c1-19-6-5-9-23(32)30(19)14-10-22(31)29-15-12-26(13-16-29)24-21(11-17-33-26)18-27-25(28-24)20-7-3-2-4-8-20/h2-9,18H,10-17H2,1H3. The van der Waals surface area contributed by atoms with Gasteiger partial charge in [-0.3, -0.25) is 9.59 Å². The Balaban J connectivity index is 1.30. The number of likely N-dealkylation sites (tertiary alicyclic amines) is 1. The number of hydrogen-bond acceptors (Lipinski definition) is 5. The Morgan fingerprint density at radius 2 is 1.88 bits per heavy atom. The van der Waals surface area contributed by atoms with Gasteiger partial charge in [-0.15, -0.1) is 0 Å². The first-order valence-corrected chi connectivity index (χ1v) is 11.6. The van der Waals surface area contributed by atoms with E-state index in [9.17, 15) is 9.59 Å². The highest BCUT2D eigenvalue weighted by molar-refractivity contribution is 5.76. The number of hydrogen-bond donors (Lipinski definition) is 0. The van der Waals surface area contributed by atoms with E-state index in [1.165, 1.54) is 6.07 Å². The second-order valence-corrected chi connectivity index (χ2v) is 8.81. The number of aromatic nitrogens is 3. The molecule has 1 aromatic carbocycles. The summed E-state index contributed by atoms with van der Waals surface area (Å²) in [5, 5.41) is 0. The number of benzene rings is 1. The topological polar surface area (TPSA) is 77.3 Å². The van der Waals surface area contributed by atoms with Gasteiger partial charge in [0.15, 0.2) is 5.82 Å². The molecule has 5 rings (SSSR count). The molecule has 0 atom stereocenters. The third kappa shape index (κ3) is 4.20. The third-order valence-corrected chi connectivity index (χ3v) is 6.82. The number of ether oxygens (including phenoxy) is 1. The minimum absolute atomic E-state index is 0.0680. The minimum Gasteiger partial charge on any atom is -0.368 e. The molecule has 33 heavy (non-hydrogen) atoms. The molecule has 1 saturated heterocycles. The summed E-state index contributed by atoms with van der Waals surface area (Å²) < 4.78 is 8.00. The quantitative estimate of drug-likeness (QED) is 0.618. The van der Waals surface area contributed by atoms with Gasteiger partial charge in [0.05, 0.1) is 12.3 Å². The van der Waals surface area contributed by atoms with Gasteiger partial charge in [0, 0.05) is 49.6 Å². The highest BCUT2D eigenvalue weighted by atomic mass is 16.5. The largest absolute Gasteiger partial charge is 0.368 e. The molecular formula is C26H28N4O3. The number of carbonyl (C=O) groups is 1. The molecule has 7 nitrogen and oxygen atoms in total. The van der Waals surface area contributed by atoms with Crippen LogP contribution in [-0.4, -0.2) is 45.0 Å². The van der Waals surface area contributed by atoms with Crippen LogP contribution in [0.15, 0.2) is 59.5 Å². The van der Waals surface area contributed by atoms with Crippen molar-refractivity contribution in [2.45, 2.75) is 44.8 Å². The molecule has 4 heterocycles. The number of amides is 1. The van der Waals surface area contributed by atoms with Crippen LogP contribution in [0.1, 0.15) is 36.2 Å². The predicted octanol–water partition coefficient (Wildman–Crippen LogP) is 3.09. The van der Waals surface area contributed by atoms with Gasteiger partial charge >= 0.3 is 0 Å². The van der Waals surface area contributed by atoms with Gasteiger partial charge in [-0.2, -0.15) is 0 Å². The first-order chi connectivity index (χ1) is 16.1. The lowest BCUT2D eigenvalue weighted by molar-refractivity contribution is -0.141. The summed E-state index contributed by atoms with van der Waals surface area (Å²) in [6, 6.07) is 15.1. The van der Waals surface area contributed by atoms with Gasteiger partial charge in [-0.1, -0.05) is 36.4 Å². The Morgan fingerprint density at radius 1 is 1.09 bits per heavy atom. The Bertz CT molecular complexity index is 1210. The van der Waals surface area contributed by atoms with Gasteiger partial charge in [0.25, 0.3) is 5.56 Å². The van der Waals surface area contributed by atoms with Crippen LogP contribution in [-0.2, 0) is 28.1 Å². The number of carbonyl (C=O) groups excluding carboxylic acids is 1. The molecule has 0 unspecified atom stereocenters. The van der Waals surface area contributed by atoms with Gasteiger partial charge in [0.2, 0.25) is 5.91 Å². The lowest BCUT2D eigenvalue weighted by Crippen LogP contribution is -2.49. The normalized spacial score (nSPS) is 17.1. The summed E-state index contributed by atoms with van der Waals surface area (Å²) in [7, 11) is 0. The second-order valence-electron chi connectivity index (χ2n) is 8.81. The fraction of sp³-hybridized carbons (Fsp3) is 0.385. The minimum atomic E-state index is -0.468. The average molecular weight is 445 g/mol. The van der Waals surface area contributed by atoms with Crippen molar-refractivity contribution in [3.05, 3.63) is 82.0 Å². The number of fused-ring (bicyclic) bond motifs is 2. The molecule has 3 aromatic rings. The third-order valence-electron chi connectivity index (χ3n) is 6.82. The number of piperidine rings is 1.